The summed E-state index contributed by atoms with van der Waals surface area (Å²) >= 11 is 0. The molecule has 0 spiro atoms. The fourth-order valence-electron chi connectivity index (χ4n) is 1.65. The molecule has 0 saturated carbocycles. The molecule has 2 atom stereocenters. The number of hydrogen-bond acceptors (Lipinski definition) is 4. The van der Waals surface area contributed by atoms with Gasteiger partial charge in [-0.2, -0.15) is 5.10 Å². The van der Waals surface area contributed by atoms with E-state index < -0.39 is 6.10 Å². The van der Waals surface area contributed by atoms with E-state index in [0.29, 0.717) is 12.4 Å². The number of rotatable bonds is 4. The topological polar surface area (TPSA) is 73.3 Å². The summed E-state index contributed by atoms with van der Waals surface area (Å²) in [4.78, 5) is 0. The minimum atomic E-state index is -0.626. The van der Waals surface area contributed by atoms with Crippen molar-refractivity contribution in [3.8, 4) is 5.88 Å². The molecule has 0 aliphatic carbocycles. The molecule has 1 aromatic rings. The van der Waals surface area contributed by atoms with Gasteiger partial charge in [-0.25, -0.2) is 4.68 Å². The lowest BCUT2D eigenvalue weighted by Crippen LogP contribution is -2.19. The van der Waals surface area contributed by atoms with Crippen molar-refractivity contribution in [1.29, 1.82) is 0 Å². The van der Waals surface area contributed by atoms with Crippen molar-refractivity contribution in [2.75, 3.05) is 13.7 Å². The summed E-state index contributed by atoms with van der Waals surface area (Å²) in [6.07, 6.45) is -0.626. The number of aromatic nitrogens is 2. The van der Waals surface area contributed by atoms with Gasteiger partial charge in [0.15, 0.2) is 0 Å². The SMILES string of the molecule is COc1c(C(O)C(C)CN)c(C)nn1C. The van der Waals surface area contributed by atoms with E-state index in [1.165, 1.54) is 0 Å². The summed E-state index contributed by atoms with van der Waals surface area (Å²) in [6.45, 7) is 4.18. The van der Waals surface area contributed by atoms with Crippen LogP contribution in [0.2, 0.25) is 0 Å². The zero-order valence-electron chi connectivity index (χ0n) is 9.69. The van der Waals surface area contributed by atoms with E-state index in [1.807, 2.05) is 13.8 Å². The molecule has 15 heavy (non-hydrogen) atoms. The third kappa shape index (κ3) is 2.13. The summed E-state index contributed by atoms with van der Waals surface area (Å²) in [5.74, 6) is 0.585. The largest absolute Gasteiger partial charge is 0.481 e. The number of aliphatic hydroxyl groups is 1. The third-order valence-corrected chi connectivity index (χ3v) is 2.61. The Morgan fingerprint density at radius 2 is 2.20 bits per heavy atom. The number of ether oxygens (including phenoxy) is 1. The van der Waals surface area contributed by atoms with Crippen LogP contribution in [0, 0.1) is 12.8 Å². The summed E-state index contributed by atoms with van der Waals surface area (Å²) in [5, 5.41) is 14.3. The molecule has 1 rings (SSSR count). The quantitative estimate of drug-likeness (QED) is 0.757. The van der Waals surface area contributed by atoms with Gasteiger partial charge in [0, 0.05) is 7.05 Å². The van der Waals surface area contributed by atoms with Crippen molar-refractivity contribution in [2.45, 2.75) is 20.0 Å². The zero-order chi connectivity index (χ0) is 11.6. The van der Waals surface area contributed by atoms with Gasteiger partial charge in [0.25, 0.3) is 0 Å². The monoisotopic (exact) mass is 213 g/mol. The van der Waals surface area contributed by atoms with Gasteiger partial charge >= 0.3 is 0 Å². The summed E-state index contributed by atoms with van der Waals surface area (Å²) in [7, 11) is 3.36. The van der Waals surface area contributed by atoms with Crippen LogP contribution >= 0.6 is 0 Å². The van der Waals surface area contributed by atoms with Crippen molar-refractivity contribution < 1.29 is 9.84 Å². The Kier molecular flexibility index (Phi) is 3.71. The molecule has 3 N–H and O–H groups in total. The van der Waals surface area contributed by atoms with E-state index in [-0.39, 0.29) is 5.92 Å². The number of aliphatic hydroxyl groups excluding tert-OH is 1. The molecule has 1 aromatic heterocycles. The van der Waals surface area contributed by atoms with Crippen LogP contribution in [0.3, 0.4) is 0 Å². The summed E-state index contributed by atoms with van der Waals surface area (Å²) in [5.41, 5.74) is 7.04. The molecular weight excluding hydrogens is 194 g/mol. The summed E-state index contributed by atoms with van der Waals surface area (Å²) in [6, 6.07) is 0. The Morgan fingerprint density at radius 3 is 2.67 bits per heavy atom. The van der Waals surface area contributed by atoms with Gasteiger partial charge in [0.2, 0.25) is 5.88 Å². The molecule has 0 aliphatic rings. The van der Waals surface area contributed by atoms with Crippen molar-refractivity contribution in [3.05, 3.63) is 11.3 Å². The van der Waals surface area contributed by atoms with Crippen molar-refractivity contribution in [3.63, 3.8) is 0 Å². The first kappa shape index (κ1) is 12.0. The lowest BCUT2D eigenvalue weighted by atomic mass is 9.98. The number of methoxy groups -OCH3 is 1. The molecule has 5 nitrogen and oxygen atoms in total. The fraction of sp³-hybridized carbons (Fsp3) is 0.700. The van der Waals surface area contributed by atoms with E-state index in [1.54, 1.807) is 18.8 Å². The van der Waals surface area contributed by atoms with Gasteiger partial charge in [-0.3, -0.25) is 0 Å². The Bertz CT molecular complexity index is 336. The first-order valence-electron chi connectivity index (χ1n) is 4.98. The molecule has 1 heterocycles. The first-order chi connectivity index (χ1) is 7.02. The molecular formula is C10H19N3O2. The summed E-state index contributed by atoms with van der Waals surface area (Å²) < 4.78 is 6.83. The molecule has 0 fully saturated rings. The molecule has 0 bridgehead atoms. The van der Waals surface area contributed by atoms with Crippen molar-refractivity contribution >= 4 is 0 Å². The number of aryl methyl sites for hydroxylation is 2. The van der Waals surface area contributed by atoms with Crippen LogP contribution in [0.25, 0.3) is 0 Å². The zero-order valence-corrected chi connectivity index (χ0v) is 9.69. The number of hydrogen-bond donors (Lipinski definition) is 2. The fourth-order valence-corrected chi connectivity index (χ4v) is 1.65. The highest BCUT2D eigenvalue weighted by Gasteiger charge is 2.25. The highest BCUT2D eigenvalue weighted by Crippen LogP contribution is 2.31. The Morgan fingerprint density at radius 1 is 1.60 bits per heavy atom. The Hall–Kier alpha value is -1.07. The van der Waals surface area contributed by atoms with E-state index in [4.69, 9.17) is 10.5 Å². The van der Waals surface area contributed by atoms with Crippen LogP contribution in [0.15, 0.2) is 0 Å². The predicted octanol–water partition coefficient (Wildman–Crippen LogP) is 0.365. The minimum absolute atomic E-state index is 0.0122. The van der Waals surface area contributed by atoms with E-state index in [0.717, 1.165) is 11.3 Å². The lowest BCUT2D eigenvalue weighted by molar-refractivity contribution is 0.117. The average molecular weight is 213 g/mol. The van der Waals surface area contributed by atoms with Crippen LogP contribution < -0.4 is 10.5 Å². The third-order valence-electron chi connectivity index (χ3n) is 2.61. The van der Waals surface area contributed by atoms with Crippen LogP contribution in [-0.4, -0.2) is 28.5 Å². The maximum atomic E-state index is 10.1. The van der Waals surface area contributed by atoms with Crippen molar-refractivity contribution in [2.24, 2.45) is 18.7 Å². The highest BCUT2D eigenvalue weighted by atomic mass is 16.5. The molecule has 0 saturated heterocycles. The van der Waals surface area contributed by atoms with E-state index in [9.17, 15) is 5.11 Å². The minimum Gasteiger partial charge on any atom is -0.481 e. The maximum absolute atomic E-state index is 10.1. The second kappa shape index (κ2) is 4.63. The molecule has 86 valence electrons. The molecule has 0 aromatic carbocycles. The standard InChI is InChI=1S/C10H19N3O2/c1-6(5-11)9(14)8-7(2)12-13(3)10(8)15-4/h6,9,14H,5,11H2,1-4H3. The molecule has 0 aliphatic heterocycles. The van der Waals surface area contributed by atoms with Gasteiger partial charge in [0.1, 0.15) is 0 Å². The Balaban J connectivity index is 3.11. The predicted molar refractivity (Wildman–Crippen MR) is 57.7 cm³/mol. The van der Waals surface area contributed by atoms with Crippen LogP contribution in [0.4, 0.5) is 0 Å². The van der Waals surface area contributed by atoms with Crippen molar-refractivity contribution in [1.82, 2.24) is 9.78 Å². The average Bonchev–Trinajstić information content (AvgIpc) is 2.50. The van der Waals surface area contributed by atoms with Gasteiger partial charge in [-0.05, 0) is 19.4 Å². The van der Waals surface area contributed by atoms with Gasteiger partial charge in [-0.15, -0.1) is 0 Å². The van der Waals surface area contributed by atoms with Crippen LogP contribution in [0.1, 0.15) is 24.3 Å². The molecule has 0 radical (unpaired) electrons. The Labute approximate surface area is 89.8 Å². The van der Waals surface area contributed by atoms with Gasteiger partial charge in [-0.1, -0.05) is 6.92 Å². The van der Waals surface area contributed by atoms with E-state index >= 15 is 0 Å². The van der Waals surface area contributed by atoms with Gasteiger partial charge < -0.3 is 15.6 Å². The smallest absolute Gasteiger partial charge is 0.217 e. The maximum Gasteiger partial charge on any atom is 0.217 e. The normalized spacial score (nSPS) is 15.1. The van der Waals surface area contributed by atoms with Crippen LogP contribution in [0.5, 0.6) is 5.88 Å². The lowest BCUT2D eigenvalue weighted by Gasteiger charge is -2.17. The number of nitrogens with two attached hydrogens (primary N) is 1. The number of nitrogens with zero attached hydrogens (tertiary/aromatic N) is 2. The molecule has 5 heteroatoms. The first-order valence-corrected chi connectivity index (χ1v) is 4.98. The second-order valence-corrected chi connectivity index (χ2v) is 3.79. The second-order valence-electron chi connectivity index (χ2n) is 3.79. The van der Waals surface area contributed by atoms with Crippen LogP contribution in [-0.2, 0) is 7.05 Å². The highest BCUT2D eigenvalue weighted by molar-refractivity contribution is 5.33. The molecule has 2 unspecified atom stereocenters. The van der Waals surface area contributed by atoms with E-state index in [2.05, 4.69) is 5.10 Å². The van der Waals surface area contributed by atoms with Gasteiger partial charge in [0.05, 0.1) is 24.5 Å². The molecule has 0 amide bonds.